The maximum Gasteiger partial charge on any atom is 0.255 e. The summed E-state index contributed by atoms with van der Waals surface area (Å²) in [6, 6.07) is 1.68. The van der Waals surface area contributed by atoms with Crippen molar-refractivity contribution in [2.45, 2.75) is 19.3 Å². The van der Waals surface area contributed by atoms with Gasteiger partial charge in [-0.3, -0.25) is 9.78 Å². The van der Waals surface area contributed by atoms with Crippen molar-refractivity contribution >= 4 is 17.5 Å². The van der Waals surface area contributed by atoms with Crippen LogP contribution in [-0.4, -0.2) is 35.4 Å². The van der Waals surface area contributed by atoms with Crippen LogP contribution >= 0.6 is 11.6 Å². The van der Waals surface area contributed by atoms with Gasteiger partial charge in [0.1, 0.15) is 0 Å². The third-order valence-electron chi connectivity index (χ3n) is 3.48. The third-order valence-corrected chi connectivity index (χ3v) is 3.78. The van der Waals surface area contributed by atoms with Crippen molar-refractivity contribution in [2.24, 2.45) is 11.7 Å². The summed E-state index contributed by atoms with van der Waals surface area (Å²) >= 11 is 5.99. The largest absolute Gasteiger partial charge is 0.339 e. The summed E-state index contributed by atoms with van der Waals surface area (Å²) < 4.78 is 0. The minimum absolute atomic E-state index is 0.00796. The van der Waals surface area contributed by atoms with E-state index in [1.165, 1.54) is 6.20 Å². The zero-order valence-electron chi connectivity index (χ0n) is 10.3. The number of halogens is 1. The lowest BCUT2D eigenvalue weighted by Gasteiger charge is -2.32. The molecule has 0 saturated carbocycles. The fourth-order valence-corrected chi connectivity index (χ4v) is 2.58. The van der Waals surface area contributed by atoms with E-state index in [9.17, 15) is 4.79 Å². The second kappa shape index (κ2) is 6.16. The molecular weight excluding hydrogens is 250 g/mol. The number of hydrogen-bond acceptors (Lipinski definition) is 3. The van der Waals surface area contributed by atoms with E-state index in [2.05, 4.69) is 4.98 Å². The average Bonchev–Trinajstić information content (AvgIpc) is 2.40. The van der Waals surface area contributed by atoms with Gasteiger partial charge < -0.3 is 10.6 Å². The van der Waals surface area contributed by atoms with Gasteiger partial charge in [-0.15, -0.1) is 0 Å². The van der Waals surface area contributed by atoms with Crippen molar-refractivity contribution in [3.8, 4) is 0 Å². The molecule has 5 heteroatoms. The first-order valence-electron chi connectivity index (χ1n) is 6.31. The first-order valence-corrected chi connectivity index (χ1v) is 6.69. The van der Waals surface area contributed by atoms with E-state index in [0.29, 0.717) is 16.5 Å². The molecule has 98 valence electrons. The lowest BCUT2D eigenvalue weighted by atomic mass is 9.93. The molecule has 1 aliphatic rings. The predicted molar refractivity (Wildman–Crippen MR) is 71.5 cm³/mol. The van der Waals surface area contributed by atoms with Crippen LogP contribution in [0.3, 0.4) is 0 Å². The van der Waals surface area contributed by atoms with E-state index in [1.807, 2.05) is 4.90 Å². The molecule has 2 heterocycles. The summed E-state index contributed by atoms with van der Waals surface area (Å²) in [5.41, 5.74) is 6.11. The van der Waals surface area contributed by atoms with Gasteiger partial charge in [-0.2, -0.15) is 0 Å². The molecule has 1 saturated heterocycles. The highest BCUT2D eigenvalue weighted by Gasteiger charge is 2.24. The zero-order chi connectivity index (χ0) is 13.0. The number of likely N-dealkylation sites (tertiary alicyclic amines) is 1. The number of nitrogens with zero attached hydrogens (tertiary/aromatic N) is 2. The second-order valence-electron chi connectivity index (χ2n) is 4.67. The van der Waals surface area contributed by atoms with Crippen LogP contribution in [0.15, 0.2) is 18.5 Å². The number of aromatic nitrogens is 1. The number of rotatable bonds is 3. The number of nitrogens with two attached hydrogens (primary N) is 1. The number of pyridine rings is 1. The van der Waals surface area contributed by atoms with Crippen molar-refractivity contribution < 1.29 is 4.79 Å². The number of piperidine rings is 1. The van der Waals surface area contributed by atoms with Crippen LogP contribution in [0, 0.1) is 5.92 Å². The standard InChI is InChI=1S/C13H18ClN3O/c14-12-9-16-6-2-11(12)13(18)17-7-3-10(1-5-15)4-8-17/h2,6,9-10H,1,3-5,7-8,15H2. The molecule has 0 atom stereocenters. The molecule has 4 nitrogen and oxygen atoms in total. The van der Waals surface area contributed by atoms with Crippen LogP contribution in [0.1, 0.15) is 29.6 Å². The van der Waals surface area contributed by atoms with E-state index in [-0.39, 0.29) is 5.91 Å². The SMILES string of the molecule is NCCC1CCN(C(=O)c2ccncc2Cl)CC1. The lowest BCUT2D eigenvalue weighted by Crippen LogP contribution is -2.39. The Bertz CT molecular complexity index is 416. The summed E-state index contributed by atoms with van der Waals surface area (Å²) in [4.78, 5) is 18.0. The minimum atomic E-state index is 0.00796. The molecular formula is C13H18ClN3O. The number of carbonyl (C=O) groups is 1. The van der Waals surface area contributed by atoms with Crippen molar-refractivity contribution in [1.82, 2.24) is 9.88 Å². The number of hydrogen-bond donors (Lipinski definition) is 1. The van der Waals surface area contributed by atoms with Gasteiger partial charge in [0.25, 0.3) is 5.91 Å². The van der Waals surface area contributed by atoms with Crippen molar-refractivity contribution in [3.63, 3.8) is 0 Å². The molecule has 1 aromatic rings. The van der Waals surface area contributed by atoms with Gasteiger partial charge in [-0.1, -0.05) is 11.6 Å². The van der Waals surface area contributed by atoms with Gasteiger partial charge in [0.2, 0.25) is 0 Å². The van der Waals surface area contributed by atoms with Crippen LogP contribution < -0.4 is 5.73 Å². The fourth-order valence-electron chi connectivity index (χ4n) is 2.38. The highest BCUT2D eigenvalue weighted by atomic mass is 35.5. The first kappa shape index (κ1) is 13.3. The van der Waals surface area contributed by atoms with E-state index < -0.39 is 0 Å². The average molecular weight is 268 g/mol. The smallest absolute Gasteiger partial charge is 0.255 e. The summed E-state index contributed by atoms with van der Waals surface area (Å²) in [7, 11) is 0. The van der Waals surface area contributed by atoms with Gasteiger partial charge in [0.15, 0.2) is 0 Å². The Labute approximate surface area is 112 Å². The Morgan fingerprint density at radius 3 is 2.83 bits per heavy atom. The van der Waals surface area contributed by atoms with E-state index >= 15 is 0 Å². The van der Waals surface area contributed by atoms with Crippen LogP contribution in [-0.2, 0) is 0 Å². The molecule has 0 aliphatic carbocycles. The molecule has 0 radical (unpaired) electrons. The van der Waals surface area contributed by atoms with Crippen LogP contribution in [0.2, 0.25) is 5.02 Å². The first-order chi connectivity index (χ1) is 8.72. The van der Waals surface area contributed by atoms with Crippen LogP contribution in [0.5, 0.6) is 0 Å². The van der Waals surface area contributed by atoms with Gasteiger partial charge in [-0.05, 0) is 37.8 Å². The van der Waals surface area contributed by atoms with E-state index in [4.69, 9.17) is 17.3 Å². The van der Waals surface area contributed by atoms with Gasteiger partial charge in [-0.25, -0.2) is 0 Å². The van der Waals surface area contributed by atoms with Gasteiger partial charge in [0.05, 0.1) is 10.6 Å². The Morgan fingerprint density at radius 2 is 2.22 bits per heavy atom. The topological polar surface area (TPSA) is 59.2 Å². The Morgan fingerprint density at radius 1 is 1.50 bits per heavy atom. The lowest BCUT2D eigenvalue weighted by molar-refractivity contribution is 0.0688. The highest BCUT2D eigenvalue weighted by Crippen LogP contribution is 2.23. The molecule has 1 fully saturated rings. The second-order valence-corrected chi connectivity index (χ2v) is 5.08. The van der Waals surface area contributed by atoms with Crippen molar-refractivity contribution in [1.29, 1.82) is 0 Å². The maximum atomic E-state index is 12.3. The number of carbonyl (C=O) groups excluding carboxylic acids is 1. The predicted octanol–water partition coefficient (Wildman–Crippen LogP) is 1.94. The maximum absolute atomic E-state index is 12.3. The Hall–Kier alpha value is -1.13. The quantitative estimate of drug-likeness (QED) is 0.910. The zero-order valence-corrected chi connectivity index (χ0v) is 11.1. The van der Waals surface area contributed by atoms with Crippen molar-refractivity contribution in [2.75, 3.05) is 19.6 Å². The molecule has 2 N–H and O–H groups in total. The Balaban J connectivity index is 1.98. The summed E-state index contributed by atoms with van der Waals surface area (Å²) in [6.07, 6.45) is 6.23. The summed E-state index contributed by atoms with van der Waals surface area (Å²) in [5, 5.41) is 0.423. The molecule has 0 aromatic carbocycles. The normalized spacial score (nSPS) is 16.9. The molecule has 18 heavy (non-hydrogen) atoms. The van der Waals surface area contributed by atoms with Gasteiger partial charge >= 0.3 is 0 Å². The molecule has 1 aromatic heterocycles. The molecule has 0 unspecified atom stereocenters. The van der Waals surface area contributed by atoms with Gasteiger partial charge in [0, 0.05) is 25.5 Å². The van der Waals surface area contributed by atoms with Crippen molar-refractivity contribution in [3.05, 3.63) is 29.0 Å². The third kappa shape index (κ3) is 3.00. The summed E-state index contributed by atoms with van der Waals surface area (Å²) in [5.74, 6) is 0.667. The monoisotopic (exact) mass is 267 g/mol. The molecule has 2 rings (SSSR count). The molecule has 0 bridgehead atoms. The van der Waals surface area contributed by atoms with E-state index in [1.54, 1.807) is 12.3 Å². The molecule has 1 amide bonds. The van der Waals surface area contributed by atoms with E-state index in [0.717, 1.165) is 38.9 Å². The van der Waals surface area contributed by atoms with Crippen LogP contribution in [0.25, 0.3) is 0 Å². The highest BCUT2D eigenvalue weighted by molar-refractivity contribution is 6.33. The molecule has 0 spiro atoms. The molecule has 1 aliphatic heterocycles. The summed E-state index contributed by atoms with van der Waals surface area (Å²) in [6.45, 7) is 2.32. The number of amides is 1. The fraction of sp³-hybridized carbons (Fsp3) is 0.538. The minimum Gasteiger partial charge on any atom is -0.339 e. The van der Waals surface area contributed by atoms with Crippen LogP contribution in [0.4, 0.5) is 0 Å². The Kier molecular flexibility index (Phi) is 4.55.